The van der Waals surface area contributed by atoms with E-state index in [0.717, 1.165) is 59.2 Å². The molecule has 2 nitrogen and oxygen atoms in total. The summed E-state index contributed by atoms with van der Waals surface area (Å²) in [6, 6.07) is 38.2. The first-order valence-corrected chi connectivity index (χ1v) is 13.9. The zero-order valence-corrected chi connectivity index (χ0v) is 22.6. The molecule has 1 radical (unpaired) electrons. The minimum absolute atomic E-state index is 0.178. The van der Waals surface area contributed by atoms with Gasteiger partial charge in [0, 0.05) is 23.4 Å². The van der Waals surface area contributed by atoms with E-state index in [1.54, 1.807) is 6.07 Å². The molecule has 0 bridgehead atoms. The number of halogens is 1. The molecule has 0 amide bonds. The number of hydrogen-bond acceptors (Lipinski definition) is 1. The molecule has 1 heterocycles. The van der Waals surface area contributed by atoms with Gasteiger partial charge in [-0.25, -0.2) is 9.37 Å². The Morgan fingerprint density at radius 3 is 1.82 bits per heavy atom. The van der Waals surface area contributed by atoms with Gasteiger partial charge in [-0.2, -0.15) is 0 Å². The first kappa shape index (κ1) is 25.3. The summed E-state index contributed by atoms with van der Waals surface area (Å²) in [5.41, 5.74) is 5.49. The summed E-state index contributed by atoms with van der Waals surface area (Å²) in [5.74, 6) is -0.0649. The molecular formula is C36H34FN2. The maximum absolute atomic E-state index is 15.5. The highest BCUT2D eigenvalue weighted by Gasteiger charge is 2.39. The number of benzene rings is 4. The topological polar surface area (TPSA) is 17.8 Å². The Hall–Kier alpha value is -3.98. The average molecular weight is 514 g/mol. The number of aromatic nitrogens is 2. The quantitative estimate of drug-likeness (QED) is 0.207. The monoisotopic (exact) mass is 513 g/mol. The van der Waals surface area contributed by atoms with E-state index in [9.17, 15) is 0 Å². The van der Waals surface area contributed by atoms with Gasteiger partial charge in [0.25, 0.3) is 0 Å². The Morgan fingerprint density at radius 1 is 0.795 bits per heavy atom. The molecule has 1 saturated carbocycles. The van der Waals surface area contributed by atoms with Gasteiger partial charge in [0.2, 0.25) is 0 Å². The van der Waals surface area contributed by atoms with Crippen molar-refractivity contribution in [3.05, 3.63) is 150 Å². The molecular weight excluding hydrogens is 479 g/mol. The standard InChI is InChI=1S/C36H34FN2/c1-35(2)23-21-27(22-24-35)34-31(19-12-20-32(34)37)33-25-39(26-38-33)36(28-13-6-3-7-14-28,29-15-8-4-9-16-29)30-17-10-5-11-18-30/h3-19,25-27H,21-24H2,1-2H3. The lowest BCUT2D eigenvalue weighted by Gasteiger charge is -2.37. The van der Waals surface area contributed by atoms with Crippen LogP contribution in [0.15, 0.2) is 116 Å². The summed E-state index contributed by atoms with van der Waals surface area (Å²) in [5, 5.41) is 0. The van der Waals surface area contributed by atoms with Crippen molar-refractivity contribution < 1.29 is 4.39 Å². The van der Waals surface area contributed by atoms with E-state index in [0.29, 0.717) is 5.41 Å². The summed E-state index contributed by atoms with van der Waals surface area (Å²) in [6.45, 7) is 4.63. The molecule has 1 fully saturated rings. The van der Waals surface area contributed by atoms with Crippen LogP contribution in [0.3, 0.4) is 0 Å². The minimum Gasteiger partial charge on any atom is -0.318 e. The lowest BCUT2D eigenvalue weighted by molar-refractivity contribution is 0.222. The van der Waals surface area contributed by atoms with Crippen LogP contribution in [0, 0.1) is 17.3 Å². The molecule has 0 unspecified atom stereocenters. The summed E-state index contributed by atoms with van der Waals surface area (Å²) in [7, 11) is 0. The lowest BCUT2D eigenvalue weighted by Crippen LogP contribution is -2.36. The normalized spacial score (nSPS) is 15.8. The second-order valence-electron chi connectivity index (χ2n) is 11.5. The number of nitrogens with zero attached hydrogens (tertiary/aromatic N) is 2. The maximum Gasteiger partial charge on any atom is 0.135 e. The Balaban J connectivity index is 1.54. The van der Waals surface area contributed by atoms with Gasteiger partial charge in [-0.05, 0) is 53.7 Å². The largest absolute Gasteiger partial charge is 0.318 e. The van der Waals surface area contributed by atoms with E-state index < -0.39 is 5.54 Å². The van der Waals surface area contributed by atoms with Crippen molar-refractivity contribution in [1.82, 2.24) is 9.55 Å². The van der Waals surface area contributed by atoms with Crippen LogP contribution in [0.25, 0.3) is 11.3 Å². The predicted molar refractivity (Wildman–Crippen MR) is 156 cm³/mol. The zero-order chi connectivity index (χ0) is 26.9. The Bertz CT molecular complexity index is 1430. The van der Waals surface area contributed by atoms with Crippen LogP contribution < -0.4 is 0 Å². The molecule has 1 aromatic heterocycles. The molecule has 39 heavy (non-hydrogen) atoms. The van der Waals surface area contributed by atoms with Crippen molar-refractivity contribution in [3.8, 4) is 11.3 Å². The third-order valence-corrected chi connectivity index (χ3v) is 8.55. The van der Waals surface area contributed by atoms with Gasteiger partial charge in [-0.1, -0.05) is 117 Å². The van der Waals surface area contributed by atoms with Gasteiger partial charge < -0.3 is 4.57 Å². The van der Waals surface area contributed by atoms with Crippen molar-refractivity contribution >= 4 is 0 Å². The highest BCUT2D eigenvalue weighted by Crippen LogP contribution is 2.46. The van der Waals surface area contributed by atoms with Crippen molar-refractivity contribution in [2.75, 3.05) is 0 Å². The SMILES string of the molecule is CC1(C)CCC(c2c(F)[c]ccc2-c2cn(C(c3ccccc3)(c3ccccc3)c3ccccc3)cn2)CC1. The van der Waals surface area contributed by atoms with E-state index in [-0.39, 0.29) is 11.7 Å². The van der Waals surface area contributed by atoms with Gasteiger partial charge in [-0.3, -0.25) is 0 Å². The van der Waals surface area contributed by atoms with Crippen LogP contribution in [0.1, 0.15) is 67.7 Å². The molecule has 195 valence electrons. The van der Waals surface area contributed by atoms with E-state index in [1.165, 1.54) is 0 Å². The van der Waals surface area contributed by atoms with E-state index in [1.807, 2.05) is 30.6 Å². The van der Waals surface area contributed by atoms with Crippen LogP contribution in [0.5, 0.6) is 0 Å². The van der Waals surface area contributed by atoms with Gasteiger partial charge in [0.05, 0.1) is 12.0 Å². The van der Waals surface area contributed by atoms with Crippen molar-refractivity contribution in [1.29, 1.82) is 0 Å². The van der Waals surface area contributed by atoms with E-state index in [2.05, 4.69) is 103 Å². The third-order valence-electron chi connectivity index (χ3n) is 8.55. The molecule has 4 aromatic carbocycles. The smallest absolute Gasteiger partial charge is 0.135 e. The average Bonchev–Trinajstić information content (AvgIpc) is 3.46. The Labute approximate surface area is 231 Å². The molecule has 0 N–H and O–H groups in total. The van der Waals surface area contributed by atoms with Gasteiger partial charge in [0.15, 0.2) is 0 Å². The molecule has 3 heteroatoms. The molecule has 0 spiro atoms. The Morgan fingerprint density at radius 2 is 1.31 bits per heavy atom. The fraction of sp³-hybridized carbons (Fsp3) is 0.250. The Kier molecular flexibility index (Phi) is 6.68. The third kappa shape index (κ3) is 4.61. The van der Waals surface area contributed by atoms with Crippen LogP contribution in [-0.2, 0) is 5.54 Å². The zero-order valence-electron chi connectivity index (χ0n) is 22.6. The summed E-state index contributed by atoms with van der Waals surface area (Å²) < 4.78 is 17.7. The number of imidazole rings is 1. The minimum atomic E-state index is -0.649. The highest BCUT2D eigenvalue weighted by molar-refractivity contribution is 5.65. The fourth-order valence-electron chi connectivity index (χ4n) is 6.42. The molecule has 0 saturated heterocycles. The molecule has 5 aromatic rings. The van der Waals surface area contributed by atoms with Crippen LogP contribution in [-0.4, -0.2) is 9.55 Å². The molecule has 0 aliphatic heterocycles. The number of hydrogen-bond donors (Lipinski definition) is 0. The van der Waals surface area contributed by atoms with Gasteiger partial charge in [-0.15, -0.1) is 0 Å². The molecule has 1 aliphatic carbocycles. The van der Waals surface area contributed by atoms with Crippen LogP contribution >= 0.6 is 0 Å². The predicted octanol–water partition coefficient (Wildman–Crippen LogP) is 9.01. The highest BCUT2D eigenvalue weighted by atomic mass is 19.1. The first-order chi connectivity index (χ1) is 19.0. The molecule has 6 rings (SSSR count). The first-order valence-electron chi connectivity index (χ1n) is 13.9. The summed E-state index contributed by atoms with van der Waals surface area (Å²) >= 11 is 0. The van der Waals surface area contributed by atoms with Crippen molar-refractivity contribution in [3.63, 3.8) is 0 Å². The van der Waals surface area contributed by atoms with E-state index in [4.69, 9.17) is 4.98 Å². The van der Waals surface area contributed by atoms with Crippen LogP contribution in [0.2, 0.25) is 0 Å². The molecule has 1 aliphatic rings. The summed E-state index contributed by atoms with van der Waals surface area (Å²) in [4.78, 5) is 4.94. The fourth-order valence-corrected chi connectivity index (χ4v) is 6.42. The van der Waals surface area contributed by atoms with Crippen molar-refractivity contribution in [2.45, 2.75) is 51.0 Å². The maximum atomic E-state index is 15.5. The van der Waals surface area contributed by atoms with Crippen LogP contribution in [0.4, 0.5) is 4.39 Å². The number of rotatable bonds is 6. The van der Waals surface area contributed by atoms with Gasteiger partial charge >= 0.3 is 0 Å². The second-order valence-corrected chi connectivity index (χ2v) is 11.5. The van der Waals surface area contributed by atoms with Gasteiger partial charge in [0.1, 0.15) is 11.4 Å². The molecule has 0 atom stereocenters. The lowest BCUT2D eigenvalue weighted by atomic mass is 9.70. The van der Waals surface area contributed by atoms with E-state index >= 15 is 4.39 Å². The van der Waals surface area contributed by atoms with Crippen molar-refractivity contribution in [2.24, 2.45) is 5.41 Å². The second kappa shape index (κ2) is 10.3. The summed E-state index contributed by atoms with van der Waals surface area (Å²) in [6.07, 6.45) is 8.16.